The van der Waals surface area contributed by atoms with Crippen LogP contribution in [-0.4, -0.2) is 43.5 Å². The predicted molar refractivity (Wildman–Crippen MR) is 122 cm³/mol. The molecule has 0 fully saturated rings. The Kier molecular flexibility index (Phi) is 5.79. The van der Waals surface area contributed by atoms with E-state index in [4.69, 9.17) is 0 Å². The SMILES string of the molecule is Cc1cc(-c2ccncc2)c(NC(=O)NS(=O)(=O)c2cncc(N(C)C)n2)c2c1CCC2. The minimum absolute atomic E-state index is 0.331. The number of amides is 2. The molecule has 3 aromatic rings. The van der Waals surface area contributed by atoms with Gasteiger partial charge in [0.15, 0.2) is 5.03 Å². The van der Waals surface area contributed by atoms with E-state index in [1.807, 2.05) is 18.2 Å². The number of rotatable bonds is 5. The van der Waals surface area contributed by atoms with Crippen LogP contribution in [0.4, 0.5) is 16.3 Å². The maximum atomic E-state index is 12.8. The Labute approximate surface area is 187 Å². The number of pyridine rings is 1. The van der Waals surface area contributed by atoms with Crippen LogP contribution >= 0.6 is 0 Å². The number of hydrogen-bond acceptors (Lipinski definition) is 7. The highest BCUT2D eigenvalue weighted by molar-refractivity contribution is 7.90. The van der Waals surface area contributed by atoms with Gasteiger partial charge in [0.25, 0.3) is 10.0 Å². The number of nitrogens with zero attached hydrogens (tertiary/aromatic N) is 4. The molecule has 0 radical (unpaired) electrons. The Morgan fingerprint density at radius 1 is 1.06 bits per heavy atom. The summed E-state index contributed by atoms with van der Waals surface area (Å²) in [5.41, 5.74) is 5.73. The fourth-order valence-corrected chi connectivity index (χ4v) is 4.70. The molecule has 2 N–H and O–H groups in total. The summed E-state index contributed by atoms with van der Waals surface area (Å²) in [5.74, 6) is 0.365. The van der Waals surface area contributed by atoms with Gasteiger partial charge in [-0.15, -0.1) is 0 Å². The molecule has 32 heavy (non-hydrogen) atoms. The lowest BCUT2D eigenvalue weighted by Crippen LogP contribution is -2.35. The fraction of sp³-hybridized carbons (Fsp3) is 0.273. The summed E-state index contributed by atoms with van der Waals surface area (Å²) >= 11 is 0. The van der Waals surface area contributed by atoms with Crippen molar-refractivity contribution < 1.29 is 13.2 Å². The highest BCUT2D eigenvalue weighted by Gasteiger charge is 2.25. The molecule has 10 heteroatoms. The van der Waals surface area contributed by atoms with Gasteiger partial charge in [0.1, 0.15) is 5.82 Å². The quantitative estimate of drug-likeness (QED) is 0.611. The largest absolute Gasteiger partial charge is 0.361 e. The lowest BCUT2D eigenvalue weighted by Gasteiger charge is -2.18. The predicted octanol–water partition coefficient (Wildman–Crippen LogP) is 2.91. The zero-order valence-corrected chi connectivity index (χ0v) is 18.9. The number of anilines is 2. The summed E-state index contributed by atoms with van der Waals surface area (Å²) < 4.78 is 27.6. The summed E-state index contributed by atoms with van der Waals surface area (Å²) in [4.78, 5) is 26.5. The monoisotopic (exact) mass is 452 g/mol. The van der Waals surface area contributed by atoms with Crippen LogP contribution in [0.15, 0.2) is 48.0 Å². The van der Waals surface area contributed by atoms with Crippen LogP contribution in [0.25, 0.3) is 11.1 Å². The smallest absolute Gasteiger partial charge is 0.333 e. The Balaban J connectivity index is 1.67. The van der Waals surface area contributed by atoms with Gasteiger partial charge in [-0.1, -0.05) is 0 Å². The van der Waals surface area contributed by atoms with Crippen molar-refractivity contribution in [3.05, 3.63) is 59.7 Å². The molecule has 1 aliphatic rings. The minimum Gasteiger partial charge on any atom is -0.361 e. The van der Waals surface area contributed by atoms with E-state index < -0.39 is 16.1 Å². The molecule has 0 saturated carbocycles. The highest BCUT2D eigenvalue weighted by Crippen LogP contribution is 2.39. The third-order valence-corrected chi connectivity index (χ3v) is 6.62. The zero-order valence-electron chi connectivity index (χ0n) is 18.1. The Bertz CT molecular complexity index is 1280. The standard InChI is InChI=1S/C22H24N6O3S/c1-14-11-18(15-7-9-23-10-8-15)21(17-6-4-5-16(14)17)26-22(29)27-32(30,31)20-13-24-12-19(25-20)28(2)3/h7-13H,4-6H2,1-3H3,(H2,26,27,29). The Morgan fingerprint density at radius 2 is 1.78 bits per heavy atom. The molecule has 166 valence electrons. The van der Waals surface area contributed by atoms with Crippen LogP contribution in [0, 0.1) is 6.92 Å². The van der Waals surface area contributed by atoms with E-state index in [1.54, 1.807) is 31.4 Å². The number of aromatic nitrogens is 3. The van der Waals surface area contributed by atoms with Crippen LogP contribution in [0.2, 0.25) is 0 Å². The zero-order chi connectivity index (χ0) is 22.9. The second-order valence-electron chi connectivity index (χ2n) is 7.83. The van der Waals surface area contributed by atoms with E-state index in [0.717, 1.165) is 47.7 Å². The van der Waals surface area contributed by atoms with Crippen molar-refractivity contribution in [1.29, 1.82) is 0 Å². The third kappa shape index (κ3) is 4.26. The highest BCUT2D eigenvalue weighted by atomic mass is 32.2. The fourth-order valence-electron chi connectivity index (χ4n) is 3.89. The van der Waals surface area contributed by atoms with Gasteiger partial charge < -0.3 is 10.2 Å². The van der Waals surface area contributed by atoms with Crippen molar-refractivity contribution in [3.8, 4) is 11.1 Å². The molecule has 0 unspecified atom stereocenters. The number of sulfonamides is 1. The second-order valence-corrected chi connectivity index (χ2v) is 9.46. The van der Waals surface area contributed by atoms with Gasteiger partial charge in [0.2, 0.25) is 0 Å². The number of hydrogen-bond donors (Lipinski definition) is 2. The van der Waals surface area contributed by atoms with Crippen molar-refractivity contribution >= 4 is 27.6 Å². The first-order chi connectivity index (χ1) is 15.3. The molecule has 2 heterocycles. The first-order valence-electron chi connectivity index (χ1n) is 10.1. The van der Waals surface area contributed by atoms with Crippen LogP contribution in [0.3, 0.4) is 0 Å². The van der Waals surface area contributed by atoms with Gasteiger partial charge in [-0.25, -0.2) is 14.5 Å². The molecule has 2 amide bonds. The van der Waals surface area contributed by atoms with Gasteiger partial charge in [-0.05, 0) is 66.6 Å². The van der Waals surface area contributed by atoms with Gasteiger partial charge in [-0.2, -0.15) is 8.42 Å². The molecular formula is C22H24N6O3S. The Morgan fingerprint density at radius 3 is 2.50 bits per heavy atom. The Hall–Kier alpha value is -3.53. The van der Waals surface area contributed by atoms with Crippen LogP contribution < -0.4 is 14.9 Å². The van der Waals surface area contributed by atoms with Crippen LogP contribution in [0.1, 0.15) is 23.1 Å². The van der Waals surface area contributed by atoms with Crippen LogP contribution in [-0.2, 0) is 22.9 Å². The van der Waals surface area contributed by atoms with Crippen molar-refractivity contribution in [2.75, 3.05) is 24.3 Å². The van der Waals surface area contributed by atoms with E-state index in [9.17, 15) is 13.2 Å². The maximum Gasteiger partial charge on any atom is 0.333 e. The summed E-state index contributed by atoms with van der Waals surface area (Å²) in [6.45, 7) is 2.06. The first kappa shape index (κ1) is 21.7. The first-order valence-corrected chi connectivity index (χ1v) is 11.6. The molecule has 0 bridgehead atoms. The minimum atomic E-state index is -4.21. The van der Waals surface area contributed by atoms with Crippen LogP contribution in [0.5, 0.6) is 0 Å². The summed E-state index contributed by atoms with van der Waals surface area (Å²) in [6, 6.07) is 4.89. The van der Waals surface area contributed by atoms with Gasteiger partial charge in [-0.3, -0.25) is 9.97 Å². The molecule has 0 atom stereocenters. The summed E-state index contributed by atoms with van der Waals surface area (Å²) in [6.07, 6.45) is 8.64. The lowest BCUT2D eigenvalue weighted by atomic mass is 9.94. The number of carbonyl (C=O) groups excluding carboxylic acids is 1. The maximum absolute atomic E-state index is 12.8. The number of urea groups is 1. The summed E-state index contributed by atoms with van der Waals surface area (Å²) in [7, 11) is -0.765. The number of benzene rings is 1. The van der Waals surface area contributed by atoms with Gasteiger partial charge in [0, 0.05) is 32.1 Å². The van der Waals surface area contributed by atoms with Gasteiger partial charge >= 0.3 is 6.03 Å². The van der Waals surface area contributed by atoms with E-state index in [2.05, 4.69) is 31.9 Å². The van der Waals surface area contributed by atoms with Crippen molar-refractivity contribution in [2.45, 2.75) is 31.2 Å². The molecule has 4 rings (SSSR count). The van der Waals surface area contributed by atoms with E-state index >= 15 is 0 Å². The lowest BCUT2D eigenvalue weighted by molar-refractivity contribution is 0.256. The molecule has 0 aliphatic heterocycles. The molecule has 0 saturated heterocycles. The molecular weight excluding hydrogens is 428 g/mol. The van der Waals surface area contributed by atoms with Crippen molar-refractivity contribution in [3.63, 3.8) is 0 Å². The number of nitrogens with one attached hydrogen (secondary N) is 2. The third-order valence-electron chi connectivity index (χ3n) is 5.42. The molecule has 1 aromatic carbocycles. The summed E-state index contributed by atoms with van der Waals surface area (Å²) in [5, 5.41) is 2.46. The second kappa shape index (κ2) is 8.54. The topological polar surface area (TPSA) is 117 Å². The number of carbonyl (C=O) groups is 1. The van der Waals surface area contributed by atoms with Gasteiger partial charge in [0.05, 0.1) is 18.1 Å². The average Bonchev–Trinajstić information content (AvgIpc) is 3.27. The number of fused-ring (bicyclic) bond motifs is 1. The average molecular weight is 453 g/mol. The number of aryl methyl sites for hydroxylation is 1. The van der Waals surface area contributed by atoms with E-state index in [1.165, 1.54) is 11.8 Å². The normalized spacial score (nSPS) is 12.8. The van der Waals surface area contributed by atoms with E-state index in [-0.39, 0.29) is 5.03 Å². The van der Waals surface area contributed by atoms with Crippen molar-refractivity contribution in [2.24, 2.45) is 0 Å². The van der Waals surface area contributed by atoms with Crippen molar-refractivity contribution in [1.82, 2.24) is 19.7 Å². The van der Waals surface area contributed by atoms with E-state index in [0.29, 0.717) is 11.5 Å². The molecule has 0 spiro atoms. The molecule has 9 nitrogen and oxygen atoms in total. The molecule has 1 aliphatic carbocycles. The molecule has 2 aromatic heterocycles.